The molecule has 1 aliphatic rings. The van der Waals surface area contributed by atoms with Gasteiger partial charge in [0.05, 0.1) is 12.1 Å². The molecule has 0 aliphatic heterocycles. The third-order valence-electron chi connectivity index (χ3n) is 12.3. The van der Waals surface area contributed by atoms with Crippen LogP contribution in [0.4, 0.5) is 11.4 Å². The van der Waals surface area contributed by atoms with Gasteiger partial charge >= 0.3 is 0 Å². The van der Waals surface area contributed by atoms with Crippen LogP contribution in [-0.2, 0) is 0 Å². The van der Waals surface area contributed by atoms with E-state index >= 15 is 0 Å². The fourth-order valence-corrected chi connectivity index (χ4v) is 9.67. The van der Waals surface area contributed by atoms with Crippen LogP contribution >= 0.6 is 0 Å². The summed E-state index contributed by atoms with van der Waals surface area (Å²) in [7, 11) is 0. The molecular weight excluding hydrogens is 701 g/mol. The molecule has 0 spiro atoms. The summed E-state index contributed by atoms with van der Waals surface area (Å²) in [5.41, 5.74) is 17.9. The number of aryl methyl sites for hydroxylation is 3. The summed E-state index contributed by atoms with van der Waals surface area (Å²) >= 11 is 0. The molecule has 2 atom stereocenters. The molecule has 2 heteroatoms. The summed E-state index contributed by atoms with van der Waals surface area (Å²) in [6.45, 7) is 11.3. The normalized spacial score (nSPS) is 14.8. The van der Waals surface area contributed by atoms with Gasteiger partial charge in [-0.1, -0.05) is 201 Å². The molecule has 0 aromatic heterocycles. The molecule has 286 valence electrons. The van der Waals surface area contributed by atoms with Gasteiger partial charge in [0.2, 0.25) is 0 Å². The van der Waals surface area contributed by atoms with Crippen molar-refractivity contribution in [1.29, 1.82) is 0 Å². The second-order valence-corrected chi connectivity index (χ2v) is 16.5. The largest absolute Gasteiger partial charge is 0.375 e. The average molecular weight is 753 g/mol. The smallest absolute Gasteiger partial charge is 0.0763 e. The van der Waals surface area contributed by atoms with Crippen molar-refractivity contribution in [3.8, 4) is 0 Å². The number of benzene rings is 8. The first-order chi connectivity index (χ1) is 28.4. The van der Waals surface area contributed by atoms with Crippen LogP contribution in [0.25, 0.3) is 10.8 Å². The van der Waals surface area contributed by atoms with Gasteiger partial charge in [0.1, 0.15) is 0 Å². The van der Waals surface area contributed by atoms with E-state index in [1.165, 1.54) is 88.9 Å². The predicted octanol–water partition coefficient (Wildman–Crippen LogP) is 14.6. The summed E-state index contributed by atoms with van der Waals surface area (Å²) in [6, 6.07) is 67.6. The lowest BCUT2D eigenvalue weighted by Crippen LogP contribution is -2.25. The Morgan fingerprint density at radius 3 is 1.16 bits per heavy atom. The van der Waals surface area contributed by atoms with Gasteiger partial charge in [-0.05, 0) is 98.7 Å². The van der Waals surface area contributed by atoms with Gasteiger partial charge in [0.15, 0.2) is 0 Å². The number of nitrogens with one attached hydrogen (secondary N) is 2. The summed E-state index contributed by atoms with van der Waals surface area (Å²) in [5, 5.41) is 11.2. The molecule has 0 fully saturated rings. The van der Waals surface area contributed by atoms with Crippen LogP contribution in [0.2, 0.25) is 0 Å². The average Bonchev–Trinajstić information content (AvgIpc) is 3.54. The molecule has 0 saturated heterocycles. The molecule has 8 aromatic rings. The highest BCUT2D eigenvalue weighted by atomic mass is 15.0. The van der Waals surface area contributed by atoms with Crippen LogP contribution in [-0.4, -0.2) is 0 Å². The van der Waals surface area contributed by atoms with E-state index in [2.05, 4.69) is 227 Å². The van der Waals surface area contributed by atoms with Crippen molar-refractivity contribution in [3.63, 3.8) is 0 Å². The third kappa shape index (κ3) is 6.98. The second kappa shape index (κ2) is 15.9. The van der Waals surface area contributed by atoms with Crippen molar-refractivity contribution in [3.05, 3.63) is 249 Å². The van der Waals surface area contributed by atoms with Crippen molar-refractivity contribution in [1.82, 2.24) is 0 Å². The Hall–Kier alpha value is -6.38. The molecule has 2 unspecified atom stereocenters. The zero-order valence-electron chi connectivity index (χ0n) is 34.2. The molecular formula is C56H52N2. The number of hydrogen-bond acceptors (Lipinski definition) is 2. The van der Waals surface area contributed by atoms with Crippen molar-refractivity contribution < 1.29 is 0 Å². The molecule has 0 radical (unpaired) electrons. The maximum absolute atomic E-state index is 4.45. The zero-order valence-corrected chi connectivity index (χ0v) is 34.2. The predicted molar refractivity (Wildman–Crippen MR) is 246 cm³/mol. The van der Waals surface area contributed by atoms with Crippen LogP contribution in [0.1, 0.15) is 110 Å². The maximum Gasteiger partial charge on any atom is 0.0763 e. The Morgan fingerprint density at radius 2 is 0.776 bits per heavy atom. The monoisotopic (exact) mass is 752 g/mol. The molecule has 58 heavy (non-hydrogen) atoms. The van der Waals surface area contributed by atoms with Gasteiger partial charge in [0.25, 0.3) is 0 Å². The molecule has 0 amide bonds. The Balaban J connectivity index is 1.35. The first-order valence-corrected chi connectivity index (χ1v) is 20.9. The van der Waals surface area contributed by atoms with Crippen LogP contribution in [0, 0.1) is 20.8 Å². The molecule has 2 N–H and O–H groups in total. The molecule has 8 aromatic carbocycles. The van der Waals surface area contributed by atoms with Gasteiger partial charge in [-0.3, -0.25) is 0 Å². The van der Waals surface area contributed by atoms with Crippen molar-refractivity contribution in [2.24, 2.45) is 0 Å². The Bertz CT molecular complexity index is 2470. The van der Waals surface area contributed by atoms with E-state index in [9.17, 15) is 0 Å². The van der Waals surface area contributed by atoms with Crippen LogP contribution in [0.15, 0.2) is 182 Å². The molecule has 0 heterocycles. The molecule has 0 saturated carbocycles. The summed E-state index contributed by atoms with van der Waals surface area (Å²) < 4.78 is 0. The number of hydrogen-bond donors (Lipinski definition) is 2. The van der Waals surface area contributed by atoms with E-state index in [1.807, 2.05) is 0 Å². The van der Waals surface area contributed by atoms with Gasteiger partial charge in [0, 0.05) is 23.2 Å². The lowest BCUT2D eigenvalue weighted by atomic mass is 9.77. The Kier molecular flexibility index (Phi) is 10.2. The molecule has 9 rings (SSSR count). The van der Waals surface area contributed by atoms with Gasteiger partial charge in [-0.25, -0.2) is 0 Å². The van der Waals surface area contributed by atoms with Crippen molar-refractivity contribution in [2.75, 3.05) is 10.6 Å². The second-order valence-electron chi connectivity index (χ2n) is 16.5. The van der Waals surface area contributed by atoms with Gasteiger partial charge in [-0.15, -0.1) is 0 Å². The Labute approximate surface area is 344 Å². The quantitative estimate of drug-likeness (QED) is 0.129. The topological polar surface area (TPSA) is 24.1 Å². The van der Waals surface area contributed by atoms with Gasteiger partial charge < -0.3 is 10.6 Å². The highest BCUT2D eigenvalue weighted by Gasteiger charge is 2.37. The minimum atomic E-state index is -0.0667. The van der Waals surface area contributed by atoms with E-state index in [0.717, 1.165) is 0 Å². The maximum atomic E-state index is 4.45. The van der Waals surface area contributed by atoms with Gasteiger partial charge in [-0.2, -0.15) is 0 Å². The fraction of sp³-hybridized carbons (Fsp3) is 0.179. The third-order valence-corrected chi connectivity index (χ3v) is 12.3. The highest BCUT2D eigenvalue weighted by Crippen LogP contribution is 2.51. The summed E-state index contributed by atoms with van der Waals surface area (Å²) in [6.07, 6.45) is 0. The summed E-state index contributed by atoms with van der Waals surface area (Å²) in [5.74, 6) is 0.293. The lowest BCUT2D eigenvalue weighted by Gasteiger charge is -2.34. The van der Waals surface area contributed by atoms with Crippen molar-refractivity contribution in [2.45, 2.75) is 64.5 Å². The van der Waals surface area contributed by atoms with Crippen molar-refractivity contribution >= 4 is 22.1 Å². The molecule has 2 nitrogen and oxygen atoms in total. The minimum Gasteiger partial charge on any atom is -0.375 e. The van der Waals surface area contributed by atoms with Crippen LogP contribution < -0.4 is 10.6 Å². The molecule has 1 aliphatic carbocycles. The lowest BCUT2D eigenvalue weighted by molar-refractivity contribution is 0.676. The minimum absolute atomic E-state index is 0.0119. The first-order valence-electron chi connectivity index (χ1n) is 20.9. The zero-order chi connectivity index (χ0) is 39.8. The highest BCUT2D eigenvalue weighted by molar-refractivity contribution is 5.93. The van der Waals surface area contributed by atoms with Crippen LogP contribution in [0.5, 0.6) is 0 Å². The number of rotatable bonds is 11. The SMILES string of the molecule is Cc1cc(C)c(NC2c3cccc4cccc(c34)C2Nc2c(C(c3ccccc3)c3ccccc3)cc(C(C)C)cc2C(c2ccccc2)c2ccccc2)c(C)c1. The van der Waals surface area contributed by atoms with E-state index in [4.69, 9.17) is 0 Å². The molecule has 0 bridgehead atoms. The fourth-order valence-electron chi connectivity index (χ4n) is 9.67. The van der Waals surface area contributed by atoms with Crippen LogP contribution in [0.3, 0.4) is 0 Å². The van der Waals surface area contributed by atoms with E-state index in [0.29, 0.717) is 5.92 Å². The Morgan fingerprint density at radius 1 is 0.397 bits per heavy atom. The standard InChI is InChI=1S/C56H52N2/c1-36(2)45-34-48(50(40-20-10-6-11-21-40)41-22-12-7-13-23-41)54(49(35-45)51(42-24-14-8-15-25-42)43-26-16-9-17-27-43)58-56-47-31-19-29-44-28-18-30-46(52(44)47)55(56)57-53-38(4)32-37(3)33-39(53)5/h6-36,50-51,55-58H,1-5H3. The summed E-state index contributed by atoms with van der Waals surface area (Å²) in [4.78, 5) is 0. The van der Waals surface area contributed by atoms with E-state index in [-0.39, 0.29) is 23.9 Å². The van der Waals surface area contributed by atoms with E-state index in [1.54, 1.807) is 0 Å². The van der Waals surface area contributed by atoms with E-state index < -0.39 is 0 Å². The first kappa shape index (κ1) is 37.2. The number of anilines is 2.